The summed E-state index contributed by atoms with van der Waals surface area (Å²) in [5, 5.41) is 14.3. The number of hydrogen-bond acceptors (Lipinski definition) is 5. The number of carbonyl (C=O) groups is 4. The van der Waals surface area contributed by atoms with Gasteiger partial charge < -0.3 is 20.6 Å². The van der Waals surface area contributed by atoms with Crippen molar-refractivity contribution in [3.63, 3.8) is 0 Å². The fraction of sp³-hybridized carbons (Fsp3) is 0.733. The molecule has 2 heterocycles. The van der Waals surface area contributed by atoms with Crippen LogP contribution in [0.15, 0.2) is 0 Å². The Kier molecular flexibility index (Phi) is 6.47. The lowest BCUT2D eigenvalue weighted by Gasteiger charge is -2.26. The number of carboxylic acid groups (broad SMARTS) is 1. The molecule has 2 saturated heterocycles. The van der Waals surface area contributed by atoms with Gasteiger partial charge in [-0.1, -0.05) is 0 Å². The smallest absolute Gasteiger partial charge is 0.303 e. The van der Waals surface area contributed by atoms with E-state index in [4.69, 9.17) is 5.11 Å². The lowest BCUT2D eigenvalue weighted by Crippen LogP contribution is -2.51. The predicted molar refractivity (Wildman–Crippen MR) is 88.5 cm³/mol. The maximum Gasteiger partial charge on any atom is 0.303 e. The summed E-state index contributed by atoms with van der Waals surface area (Å²) in [5.41, 5.74) is 0. The first-order valence-electron chi connectivity index (χ1n) is 8.06. The highest BCUT2D eigenvalue weighted by atomic mass is 32.2. The van der Waals surface area contributed by atoms with E-state index in [1.807, 2.05) is 6.26 Å². The van der Waals surface area contributed by atoms with Crippen molar-refractivity contribution < 1.29 is 24.3 Å². The van der Waals surface area contributed by atoms with Crippen molar-refractivity contribution in [1.29, 1.82) is 0 Å². The first kappa shape index (κ1) is 18.6. The quantitative estimate of drug-likeness (QED) is 0.595. The summed E-state index contributed by atoms with van der Waals surface area (Å²) in [6.07, 6.45) is 3.46. The minimum absolute atomic E-state index is 0.0204. The molecule has 3 atom stereocenters. The molecule has 0 aromatic heterocycles. The second-order valence-corrected chi connectivity index (χ2v) is 7.01. The standard InChI is InChI=1S/C15H23N3O5S/c1-24-8-6-9-13(21)17-10(4-5-12(19)20)15(23)18-7-2-3-11(18)14(22)16-9/h9-11H,2-8H2,1H3,(H,16,22)(H,17,21)(H,19,20). The zero-order chi connectivity index (χ0) is 17.7. The molecule has 3 N–H and O–H groups in total. The Labute approximate surface area is 144 Å². The Hall–Kier alpha value is -1.77. The van der Waals surface area contributed by atoms with E-state index in [0.29, 0.717) is 25.1 Å². The van der Waals surface area contributed by atoms with Crippen molar-refractivity contribution in [3.8, 4) is 0 Å². The van der Waals surface area contributed by atoms with E-state index in [1.54, 1.807) is 11.8 Å². The van der Waals surface area contributed by atoms with Crippen LogP contribution in [0.2, 0.25) is 0 Å². The van der Waals surface area contributed by atoms with Crippen molar-refractivity contribution in [1.82, 2.24) is 15.5 Å². The van der Waals surface area contributed by atoms with Crippen LogP contribution in [0.1, 0.15) is 32.1 Å². The van der Waals surface area contributed by atoms with Crippen LogP contribution in [0.3, 0.4) is 0 Å². The summed E-state index contributed by atoms with van der Waals surface area (Å²) in [5.74, 6) is -1.43. The molecule has 0 spiro atoms. The Morgan fingerprint density at radius 1 is 1.21 bits per heavy atom. The van der Waals surface area contributed by atoms with Gasteiger partial charge in [0.1, 0.15) is 18.1 Å². The van der Waals surface area contributed by atoms with Crippen molar-refractivity contribution in [2.45, 2.75) is 50.2 Å². The fourth-order valence-corrected chi connectivity index (χ4v) is 3.54. The van der Waals surface area contributed by atoms with Gasteiger partial charge in [0, 0.05) is 13.0 Å². The fourth-order valence-electron chi connectivity index (χ4n) is 3.07. The number of thioether (sulfide) groups is 1. The van der Waals surface area contributed by atoms with Crippen LogP contribution in [0.4, 0.5) is 0 Å². The van der Waals surface area contributed by atoms with E-state index in [-0.39, 0.29) is 24.7 Å². The number of carboxylic acids is 1. The van der Waals surface area contributed by atoms with Crippen LogP contribution in [-0.2, 0) is 19.2 Å². The van der Waals surface area contributed by atoms with Crippen LogP contribution >= 0.6 is 11.8 Å². The monoisotopic (exact) mass is 357 g/mol. The zero-order valence-electron chi connectivity index (χ0n) is 13.6. The minimum atomic E-state index is -1.02. The number of nitrogens with one attached hydrogen (secondary N) is 2. The molecular weight excluding hydrogens is 334 g/mol. The van der Waals surface area contributed by atoms with Crippen molar-refractivity contribution in [2.75, 3.05) is 18.6 Å². The molecular formula is C15H23N3O5S. The van der Waals surface area contributed by atoms with Gasteiger partial charge in [-0.2, -0.15) is 11.8 Å². The summed E-state index contributed by atoms with van der Waals surface area (Å²) in [7, 11) is 0. The van der Waals surface area contributed by atoms with Crippen LogP contribution in [0.25, 0.3) is 0 Å². The van der Waals surface area contributed by atoms with Crippen LogP contribution in [0.5, 0.6) is 0 Å². The zero-order valence-corrected chi connectivity index (χ0v) is 14.4. The molecule has 9 heteroatoms. The Balaban J connectivity index is 2.22. The van der Waals surface area contributed by atoms with E-state index in [1.165, 1.54) is 4.90 Å². The maximum absolute atomic E-state index is 12.7. The highest BCUT2D eigenvalue weighted by Crippen LogP contribution is 2.21. The van der Waals surface area contributed by atoms with E-state index >= 15 is 0 Å². The van der Waals surface area contributed by atoms with Gasteiger partial charge in [0.15, 0.2) is 0 Å². The summed E-state index contributed by atoms with van der Waals surface area (Å²) < 4.78 is 0. The first-order valence-corrected chi connectivity index (χ1v) is 9.45. The number of hydrogen-bond donors (Lipinski definition) is 3. The molecule has 0 aliphatic carbocycles. The lowest BCUT2D eigenvalue weighted by atomic mass is 10.1. The normalized spacial score (nSPS) is 27.6. The van der Waals surface area contributed by atoms with Gasteiger partial charge in [0.05, 0.1) is 0 Å². The van der Waals surface area contributed by atoms with Gasteiger partial charge in [-0.25, -0.2) is 0 Å². The van der Waals surface area contributed by atoms with Gasteiger partial charge >= 0.3 is 5.97 Å². The molecule has 2 rings (SSSR count). The number of aliphatic carboxylic acids is 1. The highest BCUT2D eigenvalue weighted by Gasteiger charge is 2.41. The molecule has 2 aliphatic heterocycles. The number of rotatable bonds is 6. The van der Waals surface area contributed by atoms with Crippen molar-refractivity contribution in [3.05, 3.63) is 0 Å². The summed E-state index contributed by atoms with van der Waals surface area (Å²) in [6.45, 7) is 0.450. The number of carbonyl (C=O) groups excluding carboxylic acids is 3. The number of amides is 3. The van der Waals surface area contributed by atoms with Gasteiger partial charge in [-0.05, 0) is 37.7 Å². The van der Waals surface area contributed by atoms with Gasteiger partial charge in [-0.3, -0.25) is 19.2 Å². The molecule has 0 aromatic rings. The molecule has 0 saturated carbocycles. The van der Waals surface area contributed by atoms with Gasteiger partial charge in [0.25, 0.3) is 0 Å². The Bertz CT molecular complexity index is 527. The van der Waals surface area contributed by atoms with Crippen LogP contribution in [0, 0.1) is 0 Å². The third kappa shape index (κ3) is 4.40. The molecule has 24 heavy (non-hydrogen) atoms. The Morgan fingerprint density at radius 2 is 1.92 bits per heavy atom. The van der Waals surface area contributed by atoms with E-state index in [0.717, 1.165) is 6.42 Å². The molecule has 8 nitrogen and oxygen atoms in total. The summed E-state index contributed by atoms with van der Waals surface area (Å²) >= 11 is 1.56. The Morgan fingerprint density at radius 3 is 2.58 bits per heavy atom. The highest BCUT2D eigenvalue weighted by molar-refractivity contribution is 7.98. The molecule has 0 aromatic carbocycles. The van der Waals surface area contributed by atoms with E-state index in [9.17, 15) is 19.2 Å². The predicted octanol–water partition coefficient (Wildman–Crippen LogP) is -0.421. The van der Waals surface area contributed by atoms with Gasteiger partial charge in [-0.15, -0.1) is 0 Å². The second-order valence-electron chi connectivity index (χ2n) is 6.03. The summed E-state index contributed by atoms with van der Waals surface area (Å²) in [4.78, 5) is 49.9. The molecule has 0 bridgehead atoms. The van der Waals surface area contributed by atoms with Crippen molar-refractivity contribution in [2.24, 2.45) is 0 Å². The van der Waals surface area contributed by atoms with Gasteiger partial charge in [0.2, 0.25) is 17.7 Å². The van der Waals surface area contributed by atoms with E-state index in [2.05, 4.69) is 10.6 Å². The average Bonchev–Trinajstić information content (AvgIpc) is 3.03. The number of fused-ring (bicyclic) bond motifs is 1. The summed E-state index contributed by atoms with van der Waals surface area (Å²) in [6, 6.07) is -2.18. The molecule has 3 amide bonds. The number of nitrogens with zero attached hydrogens (tertiary/aromatic N) is 1. The molecule has 134 valence electrons. The van der Waals surface area contributed by atoms with Crippen LogP contribution < -0.4 is 10.6 Å². The first-order chi connectivity index (χ1) is 11.4. The molecule has 2 aliphatic rings. The second kappa shape index (κ2) is 8.36. The minimum Gasteiger partial charge on any atom is -0.481 e. The topological polar surface area (TPSA) is 116 Å². The molecule has 3 unspecified atom stereocenters. The molecule has 0 radical (unpaired) electrons. The van der Waals surface area contributed by atoms with E-state index < -0.39 is 30.0 Å². The lowest BCUT2D eigenvalue weighted by molar-refractivity contribution is -0.141. The average molecular weight is 357 g/mol. The third-order valence-corrected chi connectivity index (χ3v) is 4.99. The largest absolute Gasteiger partial charge is 0.481 e. The van der Waals surface area contributed by atoms with Crippen molar-refractivity contribution >= 4 is 35.5 Å². The molecule has 2 fully saturated rings. The van der Waals surface area contributed by atoms with Crippen LogP contribution in [-0.4, -0.2) is 70.4 Å². The third-order valence-electron chi connectivity index (χ3n) is 4.34. The maximum atomic E-state index is 12.7. The SMILES string of the molecule is CSCCC1NC(=O)C2CCCN2C(=O)C(CCC(=O)O)NC1=O.